The van der Waals surface area contributed by atoms with E-state index < -0.39 is 32.1 Å². The summed E-state index contributed by atoms with van der Waals surface area (Å²) in [6.45, 7) is 10.7. The number of alkyl halides is 3. The highest BCUT2D eigenvalue weighted by Gasteiger charge is 2.43. The summed E-state index contributed by atoms with van der Waals surface area (Å²) in [4.78, 5) is 45.4. The number of hydrogen-bond donors (Lipinski definition) is 0. The lowest BCUT2D eigenvalue weighted by Crippen LogP contribution is -2.43. The first-order valence-electron chi connectivity index (χ1n) is 13.9. The number of amides is 3. The van der Waals surface area contributed by atoms with Crippen LogP contribution in [0.2, 0.25) is 18.1 Å². The monoisotopic (exact) mass is 614 g/mol. The zero-order chi connectivity index (χ0) is 31.2. The largest absolute Gasteiger partial charge is 0.433 e. The Kier molecular flexibility index (Phi) is 7.98. The first-order chi connectivity index (χ1) is 20.1. The van der Waals surface area contributed by atoms with Gasteiger partial charge in [0, 0.05) is 35.1 Å². The molecule has 1 aliphatic carbocycles. The van der Waals surface area contributed by atoms with Gasteiger partial charge in [-0.1, -0.05) is 20.8 Å². The van der Waals surface area contributed by atoms with Gasteiger partial charge in [-0.15, -0.1) is 5.10 Å². The molecule has 0 aromatic carbocycles. The molecule has 1 aliphatic heterocycles. The van der Waals surface area contributed by atoms with Gasteiger partial charge in [0.05, 0.1) is 25.9 Å². The predicted octanol–water partition coefficient (Wildman–Crippen LogP) is 5.31. The van der Waals surface area contributed by atoms with Crippen molar-refractivity contribution >= 4 is 26.5 Å². The fraction of sp³-hybridized carbons (Fsp3) is 0.464. The van der Waals surface area contributed by atoms with E-state index in [9.17, 15) is 22.8 Å². The molecule has 3 amide bonds. The van der Waals surface area contributed by atoms with Crippen molar-refractivity contribution in [1.29, 1.82) is 0 Å². The maximum Gasteiger partial charge on any atom is 0.433 e. The average molecular weight is 615 g/mol. The lowest BCUT2D eigenvalue weighted by Gasteiger charge is -2.36. The highest BCUT2D eigenvalue weighted by Crippen LogP contribution is 2.42. The molecule has 3 aromatic heterocycles. The van der Waals surface area contributed by atoms with E-state index in [1.165, 1.54) is 40.8 Å². The van der Waals surface area contributed by atoms with Crippen molar-refractivity contribution in [3.8, 4) is 11.4 Å². The molecule has 0 atom stereocenters. The smallest absolute Gasteiger partial charge is 0.415 e. The van der Waals surface area contributed by atoms with Crippen molar-refractivity contribution in [3.05, 3.63) is 59.8 Å². The van der Waals surface area contributed by atoms with Crippen LogP contribution in [0.15, 0.2) is 42.9 Å². The van der Waals surface area contributed by atoms with E-state index in [2.05, 4.69) is 58.9 Å². The Bertz CT molecular complexity index is 1550. The van der Waals surface area contributed by atoms with Crippen molar-refractivity contribution < 1.29 is 27.2 Å². The summed E-state index contributed by atoms with van der Waals surface area (Å²) in [5.74, 6) is -0.544. The number of aromatic nitrogens is 6. The van der Waals surface area contributed by atoms with Gasteiger partial charge in [0.2, 0.25) is 0 Å². The molecule has 5 rings (SSSR count). The minimum absolute atomic E-state index is 0.0157. The number of hydrogen-bond acceptors (Lipinski definition) is 8. The fourth-order valence-corrected chi connectivity index (χ4v) is 5.31. The van der Waals surface area contributed by atoms with Gasteiger partial charge in [0.15, 0.2) is 14.1 Å². The zero-order valence-corrected chi connectivity index (χ0v) is 25.6. The van der Waals surface area contributed by atoms with Crippen LogP contribution in [0, 0.1) is 0 Å². The molecule has 2 fully saturated rings. The summed E-state index contributed by atoms with van der Waals surface area (Å²) in [5.41, 5.74) is 0.116. The minimum atomic E-state index is -4.62. The number of rotatable bonds is 9. The molecule has 3 aromatic rings. The Hall–Kier alpha value is -3.98. The summed E-state index contributed by atoms with van der Waals surface area (Å²) < 4.78 is 48.1. The van der Waals surface area contributed by atoms with Crippen molar-refractivity contribution in [3.63, 3.8) is 0 Å². The molecule has 1 saturated heterocycles. The molecule has 43 heavy (non-hydrogen) atoms. The molecule has 15 heteroatoms. The van der Waals surface area contributed by atoms with E-state index in [1.54, 1.807) is 6.07 Å². The lowest BCUT2D eigenvalue weighted by molar-refractivity contribution is -0.141. The van der Waals surface area contributed by atoms with Crippen LogP contribution < -0.4 is 0 Å². The van der Waals surface area contributed by atoms with Crippen molar-refractivity contribution in [2.75, 3.05) is 13.2 Å². The Balaban J connectivity index is 1.43. The van der Waals surface area contributed by atoms with E-state index in [4.69, 9.17) is 4.43 Å². The average Bonchev–Trinajstić information content (AvgIpc) is 3.65. The lowest BCUT2D eigenvalue weighted by atomic mass is 10.1. The van der Waals surface area contributed by atoms with E-state index in [-0.39, 0.29) is 47.7 Å². The molecule has 1 saturated carbocycles. The van der Waals surface area contributed by atoms with Crippen LogP contribution in [0.25, 0.3) is 17.6 Å². The summed E-state index contributed by atoms with van der Waals surface area (Å²) in [5, 5.41) is 4.27. The van der Waals surface area contributed by atoms with E-state index in [0.717, 1.165) is 23.8 Å². The number of halogens is 3. The number of pyridine rings is 1. The van der Waals surface area contributed by atoms with Gasteiger partial charge >= 0.3 is 12.2 Å². The van der Waals surface area contributed by atoms with Crippen LogP contribution in [0.1, 0.15) is 56.5 Å². The molecule has 0 spiro atoms. The van der Waals surface area contributed by atoms with Gasteiger partial charge in [0.25, 0.3) is 5.91 Å². The van der Waals surface area contributed by atoms with Crippen LogP contribution in [0.5, 0.6) is 0 Å². The molecule has 0 bridgehead atoms. The van der Waals surface area contributed by atoms with Gasteiger partial charge in [-0.2, -0.15) is 13.2 Å². The maximum absolute atomic E-state index is 13.6. The van der Waals surface area contributed by atoms with Gasteiger partial charge in [-0.25, -0.2) is 29.4 Å². The van der Waals surface area contributed by atoms with Crippen LogP contribution >= 0.6 is 0 Å². The standard InChI is InChI=1S/C28H33F3N8O3Si/c1-27(2,3)43(4,5)42-9-8-38-25(40)22(39(26(38)41)14-18-12-32-16-33-13-18)15-37-17-34-24(36-37)20-10-21(19-6-7-19)35-23(11-20)28(29,30)31/h10-13,15-17,19H,6-9,14H2,1-5H3/b22-15-. The second kappa shape index (κ2) is 11.3. The molecule has 2 aliphatic rings. The second-order valence-corrected chi connectivity index (χ2v) is 17.0. The third-order valence-electron chi connectivity index (χ3n) is 7.91. The normalized spacial score (nSPS) is 17.4. The highest BCUT2D eigenvalue weighted by molar-refractivity contribution is 6.74. The van der Waals surface area contributed by atoms with Crippen LogP contribution in [-0.4, -0.2) is 72.9 Å². The topological polar surface area (TPSA) is 119 Å². The molecular formula is C28H33F3N8O3Si. The second-order valence-electron chi connectivity index (χ2n) is 12.2. The Morgan fingerprint density at radius 3 is 2.40 bits per heavy atom. The molecule has 0 unspecified atom stereocenters. The Morgan fingerprint density at radius 2 is 1.77 bits per heavy atom. The first-order valence-corrected chi connectivity index (χ1v) is 16.8. The summed E-state index contributed by atoms with van der Waals surface area (Å²) in [6, 6.07) is 1.93. The number of nitrogens with zero attached hydrogens (tertiary/aromatic N) is 8. The Labute approximate surface area is 247 Å². The highest BCUT2D eigenvalue weighted by atomic mass is 28.4. The number of carbonyl (C=O) groups excluding carboxylic acids is 2. The molecule has 0 radical (unpaired) electrons. The molecule has 0 N–H and O–H groups in total. The summed E-state index contributed by atoms with van der Waals surface area (Å²) in [7, 11) is -2.12. The summed E-state index contributed by atoms with van der Waals surface area (Å²) in [6.07, 6.45) is 3.98. The van der Waals surface area contributed by atoms with Crippen molar-refractivity contribution in [1.82, 2.24) is 39.5 Å². The third kappa shape index (κ3) is 6.67. The van der Waals surface area contributed by atoms with E-state index in [1.807, 2.05) is 0 Å². The minimum Gasteiger partial charge on any atom is -0.415 e. The van der Waals surface area contributed by atoms with Crippen molar-refractivity contribution in [2.24, 2.45) is 0 Å². The predicted molar refractivity (Wildman–Crippen MR) is 152 cm³/mol. The summed E-state index contributed by atoms with van der Waals surface area (Å²) >= 11 is 0. The van der Waals surface area contributed by atoms with E-state index in [0.29, 0.717) is 11.3 Å². The fourth-order valence-electron chi connectivity index (χ4n) is 4.28. The molecular weight excluding hydrogens is 581 g/mol. The SMILES string of the molecule is CC(C)(C)[Si](C)(C)OCCN1C(=O)/C(=C/n2cnc(-c3cc(C4CC4)nc(C(F)(F)F)c3)n2)N(Cc2cncnc2)C1=O. The van der Waals surface area contributed by atoms with Crippen molar-refractivity contribution in [2.45, 2.75) is 70.4 Å². The van der Waals surface area contributed by atoms with Crippen LogP contribution in [0.3, 0.4) is 0 Å². The first kappa shape index (κ1) is 30.5. The van der Waals surface area contributed by atoms with Crippen LogP contribution in [0.4, 0.5) is 18.0 Å². The number of urea groups is 1. The number of carbonyl (C=O) groups is 2. The van der Waals surface area contributed by atoms with Crippen LogP contribution in [-0.2, 0) is 21.9 Å². The Morgan fingerprint density at radius 1 is 1.07 bits per heavy atom. The molecule has 228 valence electrons. The third-order valence-corrected chi connectivity index (χ3v) is 12.4. The van der Waals surface area contributed by atoms with Gasteiger partial charge < -0.3 is 4.43 Å². The van der Waals surface area contributed by atoms with Gasteiger partial charge in [-0.05, 0) is 43.1 Å². The quantitative estimate of drug-likeness (QED) is 0.181. The molecule has 11 nitrogen and oxygen atoms in total. The van der Waals surface area contributed by atoms with Gasteiger partial charge in [0.1, 0.15) is 24.0 Å². The zero-order valence-electron chi connectivity index (χ0n) is 24.6. The van der Waals surface area contributed by atoms with E-state index >= 15 is 0 Å². The maximum atomic E-state index is 13.6. The molecule has 4 heterocycles. The number of imide groups is 1. The van der Waals surface area contributed by atoms with Gasteiger partial charge in [-0.3, -0.25) is 14.6 Å².